The van der Waals surface area contributed by atoms with E-state index in [1.165, 1.54) is 12.1 Å². The van der Waals surface area contributed by atoms with E-state index in [4.69, 9.17) is 5.73 Å². The molecular formula is C12H15FN2OS. The number of nitrogens with two attached hydrogens (primary N) is 1. The summed E-state index contributed by atoms with van der Waals surface area (Å²) in [5.74, 6) is -0.0769. The van der Waals surface area contributed by atoms with Crippen LogP contribution in [0.15, 0.2) is 24.3 Å². The zero-order valence-electron chi connectivity index (χ0n) is 9.57. The van der Waals surface area contributed by atoms with Crippen LogP contribution in [0.3, 0.4) is 0 Å². The molecule has 17 heavy (non-hydrogen) atoms. The first-order valence-electron chi connectivity index (χ1n) is 5.47. The number of primary amides is 1. The van der Waals surface area contributed by atoms with E-state index >= 15 is 0 Å². The van der Waals surface area contributed by atoms with Crippen molar-refractivity contribution in [2.45, 2.75) is 24.1 Å². The fraction of sp³-hybridized carbons (Fsp3) is 0.417. The highest BCUT2D eigenvalue weighted by molar-refractivity contribution is 8.00. The first-order valence-corrected chi connectivity index (χ1v) is 6.52. The number of thioether (sulfide) groups is 1. The lowest BCUT2D eigenvalue weighted by Crippen LogP contribution is -2.51. The summed E-state index contributed by atoms with van der Waals surface area (Å²) in [4.78, 5) is 11.6. The zero-order valence-corrected chi connectivity index (χ0v) is 10.4. The van der Waals surface area contributed by atoms with Crippen LogP contribution in [0.2, 0.25) is 0 Å². The molecule has 1 fully saturated rings. The average Bonchev–Trinajstić information content (AvgIpc) is 2.61. The number of hydrogen-bond donors (Lipinski definition) is 2. The molecule has 0 radical (unpaired) electrons. The smallest absolute Gasteiger partial charge is 0.244 e. The van der Waals surface area contributed by atoms with Crippen LogP contribution < -0.4 is 11.1 Å². The van der Waals surface area contributed by atoms with Gasteiger partial charge in [0.15, 0.2) is 0 Å². The molecule has 3 nitrogen and oxygen atoms in total. The number of rotatable bonds is 3. The summed E-state index contributed by atoms with van der Waals surface area (Å²) < 4.78 is 13.1. The lowest BCUT2D eigenvalue weighted by Gasteiger charge is -2.27. The molecule has 92 valence electrons. The SMILES string of the molecule is CC1CC(Nc2cccc(F)c2)(C(N)=O)CS1. The minimum Gasteiger partial charge on any atom is -0.370 e. The minimum atomic E-state index is -0.752. The Balaban J connectivity index is 2.22. The van der Waals surface area contributed by atoms with E-state index in [1.807, 2.05) is 0 Å². The van der Waals surface area contributed by atoms with Crippen LogP contribution >= 0.6 is 11.8 Å². The lowest BCUT2D eigenvalue weighted by atomic mass is 9.95. The second kappa shape index (κ2) is 4.56. The normalized spacial score (nSPS) is 28.0. The maximum absolute atomic E-state index is 13.1. The number of carbonyl (C=O) groups is 1. The molecule has 1 saturated heterocycles. The molecule has 5 heteroatoms. The molecule has 1 aliphatic rings. The first kappa shape index (κ1) is 12.2. The Hall–Kier alpha value is -1.23. The van der Waals surface area contributed by atoms with Crippen molar-refractivity contribution >= 4 is 23.4 Å². The number of halogens is 1. The molecule has 1 amide bonds. The molecule has 1 aliphatic heterocycles. The van der Waals surface area contributed by atoms with E-state index in [-0.39, 0.29) is 11.7 Å². The van der Waals surface area contributed by atoms with Crippen LogP contribution in [0.4, 0.5) is 10.1 Å². The maximum Gasteiger partial charge on any atom is 0.244 e. The fourth-order valence-corrected chi connectivity index (χ4v) is 3.36. The largest absolute Gasteiger partial charge is 0.370 e. The van der Waals surface area contributed by atoms with Gasteiger partial charge in [-0.05, 0) is 24.6 Å². The van der Waals surface area contributed by atoms with Crippen molar-refractivity contribution < 1.29 is 9.18 Å². The topological polar surface area (TPSA) is 55.1 Å². The molecule has 2 atom stereocenters. The Morgan fingerprint density at radius 3 is 2.94 bits per heavy atom. The molecule has 0 aromatic heterocycles. The van der Waals surface area contributed by atoms with E-state index in [0.717, 1.165) is 0 Å². The third-order valence-electron chi connectivity index (χ3n) is 2.93. The monoisotopic (exact) mass is 254 g/mol. The first-order chi connectivity index (χ1) is 8.02. The second-order valence-corrected chi connectivity index (χ2v) is 5.83. The van der Waals surface area contributed by atoms with Crippen LogP contribution in [0.1, 0.15) is 13.3 Å². The maximum atomic E-state index is 13.1. The van der Waals surface area contributed by atoms with Gasteiger partial charge in [-0.15, -0.1) is 0 Å². The standard InChI is InChI=1S/C12H15FN2OS/c1-8-6-12(7-17-8,11(14)16)15-10-4-2-3-9(13)5-10/h2-5,8,15H,6-7H2,1H3,(H2,14,16). The van der Waals surface area contributed by atoms with Crippen LogP contribution in [0.25, 0.3) is 0 Å². The highest BCUT2D eigenvalue weighted by Crippen LogP contribution is 2.36. The lowest BCUT2D eigenvalue weighted by molar-refractivity contribution is -0.121. The fourth-order valence-electron chi connectivity index (χ4n) is 2.06. The molecule has 0 bridgehead atoms. The second-order valence-electron chi connectivity index (χ2n) is 4.41. The molecule has 0 saturated carbocycles. The quantitative estimate of drug-likeness (QED) is 0.867. The molecular weight excluding hydrogens is 239 g/mol. The number of benzene rings is 1. The Morgan fingerprint density at radius 1 is 1.65 bits per heavy atom. The van der Waals surface area contributed by atoms with Gasteiger partial charge in [0.2, 0.25) is 5.91 Å². The predicted octanol–water partition coefficient (Wildman–Crippen LogP) is 1.99. The van der Waals surface area contributed by atoms with Crippen molar-refractivity contribution in [3.63, 3.8) is 0 Å². The summed E-state index contributed by atoms with van der Waals surface area (Å²) >= 11 is 1.70. The van der Waals surface area contributed by atoms with Gasteiger partial charge in [-0.1, -0.05) is 13.0 Å². The number of nitrogens with one attached hydrogen (secondary N) is 1. The number of carbonyl (C=O) groups excluding carboxylic acids is 1. The Kier molecular flexibility index (Phi) is 3.28. The van der Waals surface area contributed by atoms with E-state index in [9.17, 15) is 9.18 Å². The van der Waals surface area contributed by atoms with Crippen molar-refractivity contribution in [3.8, 4) is 0 Å². The van der Waals surface area contributed by atoms with Crippen molar-refractivity contribution in [1.29, 1.82) is 0 Å². The summed E-state index contributed by atoms with van der Waals surface area (Å²) in [6, 6.07) is 6.09. The summed E-state index contributed by atoms with van der Waals surface area (Å²) in [5, 5.41) is 3.47. The van der Waals surface area contributed by atoms with Crippen LogP contribution in [-0.2, 0) is 4.79 Å². The Morgan fingerprint density at radius 2 is 2.41 bits per heavy atom. The highest BCUT2D eigenvalue weighted by Gasteiger charge is 2.43. The molecule has 2 unspecified atom stereocenters. The van der Waals surface area contributed by atoms with E-state index in [2.05, 4.69) is 12.2 Å². The molecule has 1 aromatic rings. The number of anilines is 1. The Labute approximate surface area is 104 Å². The molecule has 1 aromatic carbocycles. The molecule has 0 spiro atoms. The summed E-state index contributed by atoms with van der Waals surface area (Å²) in [7, 11) is 0. The summed E-state index contributed by atoms with van der Waals surface area (Å²) in [5.41, 5.74) is 5.32. The van der Waals surface area contributed by atoms with Crippen LogP contribution in [0.5, 0.6) is 0 Å². The van der Waals surface area contributed by atoms with Gasteiger partial charge in [-0.3, -0.25) is 4.79 Å². The van der Waals surface area contributed by atoms with Gasteiger partial charge in [0.05, 0.1) is 0 Å². The molecule has 0 aliphatic carbocycles. The number of amides is 1. The van der Waals surface area contributed by atoms with Crippen molar-refractivity contribution in [1.82, 2.24) is 0 Å². The highest BCUT2D eigenvalue weighted by atomic mass is 32.2. The van der Waals surface area contributed by atoms with Gasteiger partial charge < -0.3 is 11.1 Å². The van der Waals surface area contributed by atoms with Crippen LogP contribution in [-0.4, -0.2) is 22.4 Å². The van der Waals surface area contributed by atoms with Crippen molar-refractivity contribution in [2.24, 2.45) is 5.73 Å². The zero-order chi connectivity index (χ0) is 12.5. The van der Waals surface area contributed by atoms with Gasteiger partial charge in [-0.2, -0.15) is 11.8 Å². The van der Waals surface area contributed by atoms with E-state index in [1.54, 1.807) is 23.9 Å². The molecule has 1 heterocycles. The molecule has 2 rings (SSSR count). The third kappa shape index (κ3) is 2.54. The molecule has 3 N–H and O–H groups in total. The average molecular weight is 254 g/mol. The summed E-state index contributed by atoms with van der Waals surface area (Å²) in [6.45, 7) is 2.06. The van der Waals surface area contributed by atoms with E-state index < -0.39 is 5.54 Å². The number of hydrogen-bond acceptors (Lipinski definition) is 3. The minimum absolute atomic E-state index is 0.326. The van der Waals surface area contributed by atoms with Gasteiger partial charge >= 0.3 is 0 Å². The summed E-state index contributed by atoms with van der Waals surface area (Å²) in [6.07, 6.45) is 0.670. The van der Waals surface area contributed by atoms with Gasteiger partial charge in [0.1, 0.15) is 11.4 Å². The van der Waals surface area contributed by atoms with E-state index in [0.29, 0.717) is 23.1 Å². The van der Waals surface area contributed by atoms with Gasteiger partial charge in [0.25, 0.3) is 0 Å². The Bertz CT molecular complexity index is 440. The van der Waals surface area contributed by atoms with Gasteiger partial charge in [0, 0.05) is 16.7 Å². The van der Waals surface area contributed by atoms with Crippen molar-refractivity contribution in [2.75, 3.05) is 11.1 Å². The van der Waals surface area contributed by atoms with Crippen molar-refractivity contribution in [3.05, 3.63) is 30.1 Å². The van der Waals surface area contributed by atoms with Crippen LogP contribution in [0, 0.1) is 5.82 Å². The van der Waals surface area contributed by atoms with Gasteiger partial charge in [-0.25, -0.2) is 4.39 Å². The predicted molar refractivity (Wildman–Crippen MR) is 68.5 cm³/mol. The third-order valence-corrected chi connectivity index (χ3v) is 4.33.